The van der Waals surface area contributed by atoms with Crippen LogP contribution in [0.15, 0.2) is 41.1 Å². The zero-order valence-corrected chi connectivity index (χ0v) is 13.0. The molecule has 23 heavy (non-hydrogen) atoms. The number of rotatable bonds is 6. The van der Waals surface area contributed by atoms with Crippen LogP contribution in [-0.2, 0) is 11.3 Å². The molecule has 1 amide bonds. The van der Waals surface area contributed by atoms with Crippen LogP contribution in [-0.4, -0.2) is 34.4 Å². The van der Waals surface area contributed by atoms with E-state index < -0.39 is 0 Å². The van der Waals surface area contributed by atoms with E-state index in [-0.39, 0.29) is 17.7 Å². The van der Waals surface area contributed by atoms with Gasteiger partial charge >= 0.3 is 0 Å². The molecule has 1 N–H and O–H groups in total. The molecule has 1 unspecified atom stereocenters. The number of amides is 1. The number of carbonyl (C=O) groups excluding carboxylic acids is 1. The molecular formula is C16H18N4O3. The highest BCUT2D eigenvalue weighted by Crippen LogP contribution is 2.19. The number of aromatic nitrogens is 3. The zero-order valence-electron chi connectivity index (χ0n) is 13.0. The van der Waals surface area contributed by atoms with Crippen molar-refractivity contribution in [2.75, 3.05) is 13.7 Å². The number of methoxy groups -OCH3 is 1. The lowest BCUT2D eigenvalue weighted by Crippen LogP contribution is -2.28. The number of nitrogens with one attached hydrogen (secondary N) is 1. The van der Waals surface area contributed by atoms with E-state index in [4.69, 9.17) is 9.15 Å². The van der Waals surface area contributed by atoms with Gasteiger partial charge in [-0.25, -0.2) is 0 Å². The third-order valence-corrected chi connectivity index (χ3v) is 3.57. The maximum Gasteiger partial charge on any atom is 0.287 e. The van der Waals surface area contributed by atoms with Crippen molar-refractivity contribution in [1.29, 1.82) is 0 Å². The Labute approximate surface area is 133 Å². The number of fused-ring (bicyclic) bond motifs is 1. The maximum atomic E-state index is 12.4. The highest BCUT2D eigenvalue weighted by molar-refractivity contribution is 5.96. The van der Waals surface area contributed by atoms with Crippen molar-refractivity contribution in [3.63, 3.8) is 0 Å². The molecule has 120 valence electrons. The van der Waals surface area contributed by atoms with Crippen molar-refractivity contribution in [3.8, 4) is 0 Å². The van der Waals surface area contributed by atoms with E-state index in [1.54, 1.807) is 19.5 Å². The molecule has 3 aromatic rings. The predicted octanol–water partition coefficient (Wildman–Crippen LogP) is 2.16. The first-order valence-electron chi connectivity index (χ1n) is 7.35. The minimum Gasteiger partial charge on any atom is -0.451 e. The molecule has 0 fully saturated rings. The van der Waals surface area contributed by atoms with Crippen molar-refractivity contribution >= 4 is 16.9 Å². The number of carbonyl (C=O) groups is 1. The smallest absolute Gasteiger partial charge is 0.287 e. The Hall–Kier alpha value is -2.67. The topological polar surface area (TPSA) is 82.2 Å². The van der Waals surface area contributed by atoms with Gasteiger partial charge in [0.1, 0.15) is 11.9 Å². The first-order valence-corrected chi connectivity index (χ1v) is 7.35. The first kappa shape index (κ1) is 15.2. The van der Waals surface area contributed by atoms with Crippen LogP contribution in [0.4, 0.5) is 0 Å². The number of furan rings is 1. The van der Waals surface area contributed by atoms with Crippen LogP contribution in [0.1, 0.15) is 29.3 Å². The maximum absolute atomic E-state index is 12.4. The molecule has 1 aromatic carbocycles. The van der Waals surface area contributed by atoms with Gasteiger partial charge in [-0.05, 0) is 19.1 Å². The summed E-state index contributed by atoms with van der Waals surface area (Å²) >= 11 is 0. The fraction of sp³-hybridized carbons (Fsp3) is 0.312. The third kappa shape index (κ3) is 3.24. The van der Waals surface area contributed by atoms with Gasteiger partial charge in [-0.2, -0.15) is 0 Å². The molecule has 0 aliphatic carbocycles. The Morgan fingerprint density at radius 2 is 2.26 bits per heavy atom. The van der Waals surface area contributed by atoms with Crippen LogP contribution in [0.2, 0.25) is 0 Å². The first-order chi connectivity index (χ1) is 11.2. The van der Waals surface area contributed by atoms with Gasteiger partial charge in [-0.1, -0.05) is 18.2 Å². The fourth-order valence-corrected chi connectivity index (χ4v) is 2.39. The van der Waals surface area contributed by atoms with Crippen LogP contribution in [0.3, 0.4) is 0 Å². The van der Waals surface area contributed by atoms with Crippen molar-refractivity contribution in [1.82, 2.24) is 20.1 Å². The summed E-state index contributed by atoms with van der Waals surface area (Å²) in [5.41, 5.74) is 0.688. The molecule has 0 saturated carbocycles. The molecule has 2 heterocycles. The molecule has 3 rings (SSSR count). The zero-order chi connectivity index (χ0) is 16.2. The number of hydrogen-bond acceptors (Lipinski definition) is 5. The molecule has 0 spiro atoms. The van der Waals surface area contributed by atoms with E-state index >= 15 is 0 Å². The summed E-state index contributed by atoms with van der Waals surface area (Å²) in [5, 5.41) is 11.7. The highest BCUT2D eigenvalue weighted by Gasteiger charge is 2.19. The van der Waals surface area contributed by atoms with Gasteiger partial charge in [-0.15, -0.1) is 10.2 Å². The van der Waals surface area contributed by atoms with Crippen LogP contribution in [0, 0.1) is 0 Å². The van der Waals surface area contributed by atoms with E-state index in [0.717, 1.165) is 5.39 Å². The summed E-state index contributed by atoms with van der Waals surface area (Å²) in [6, 6.07) is 8.94. The molecular weight excluding hydrogens is 296 g/mol. The molecule has 0 saturated heterocycles. The van der Waals surface area contributed by atoms with Gasteiger partial charge < -0.3 is 19.0 Å². The number of para-hydroxylation sites is 1. The quantitative estimate of drug-likeness (QED) is 0.754. The van der Waals surface area contributed by atoms with E-state index in [9.17, 15) is 4.79 Å². The molecule has 0 aliphatic rings. The second-order valence-corrected chi connectivity index (χ2v) is 5.22. The molecule has 7 nitrogen and oxygen atoms in total. The second kappa shape index (κ2) is 6.62. The van der Waals surface area contributed by atoms with Crippen LogP contribution in [0.5, 0.6) is 0 Å². The largest absolute Gasteiger partial charge is 0.451 e. The van der Waals surface area contributed by atoms with Gasteiger partial charge in [0, 0.05) is 19.0 Å². The summed E-state index contributed by atoms with van der Waals surface area (Å²) in [6.07, 6.45) is 1.62. The Morgan fingerprint density at radius 1 is 1.43 bits per heavy atom. The molecule has 0 aliphatic heterocycles. The number of hydrogen-bond donors (Lipinski definition) is 1. The average Bonchev–Trinajstić information content (AvgIpc) is 3.19. The van der Waals surface area contributed by atoms with Crippen molar-refractivity contribution in [2.45, 2.75) is 19.5 Å². The summed E-state index contributed by atoms with van der Waals surface area (Å²) in [4.78, 5) is 12.4. The van der Waals surface area contributed by atoms with E-state index in [1.165, 1.54) is 0 Å². The summed E-state index contributed by atoms with van der Waals surface area (Å²) in [7, 11) is 1.64. The van der Waals surface area contributed by atoms with Crippen LogP contribution >= 0.6 is 0 Å². The van der Waals surface area contributed by atoms with Gasteiger partial charge in [0.25, 0.3) is 5.91 Å². The van der Waals surface area contributed by atoms with Gasteiger partial charge in [0.05, 0.1) is 12.6 Å². The summed E-state index contributed by atoms with van der Waals surface area (Å²) in [6.45, 7) is 3.03. The van der Waals surface area contributed by atoms with Crippen LogP contribution < -0.4 is 5.32 Å². The summed E-state index contributed by atoms with van der Waals surface area (Å²) < 4.78 is 12.5. The lowest BCUT2D eigenvalue weighted by molar-refractivity contribution is 0.0911. The highest BCUT2D eigenvalue weighted by atomic mass is 16.5. The summed E-state index contributed by atoms with van der Waals surface area (Å²) in [5.74, 6) is 0.669. The van der Waals surface area contributed by atoms with Gasteiger partial charge in [-0.3, -0.25) is 4.79 Å². The standard InChI is InChI=1S/C16H18N4O3/c1-11(15-19-17-10-20(15)7-8-22-2)18-16(21)14-9-12-5-3-4-6-13(12)23-14/h3-6,9-11H,7-8H2,1-2H3,(H,18,21). The number of benzene rings is 1. The normalized spacial score (nSPS) is 12.4. The SMILES string of the molecule is COCCn1cnnc1C(C)NC(=O)c1cc2ccccc2o1. The number of nitrogens with zero attached hydrogens (tertiary/aromatic N) is 3. The molecule has 2 aromatic heterocycles. The molecule has 7 heteroatoms. The minimum absolute atomic E-state index is 0.279. The Balaban J connectivity index is 1.73. The van der Waals surface area contributed by atoms with Crippen molar-refractivity contribution in [2.24, 2.45) is 0 Å². The van der Waals surface area contributed by atoms with E-state index in [1.807, 2.05) is 35.8 Å². The van der Waals surface area contributed by atoms with E-state index in [2.05, 4.69) is 15.5 Å². The second-order valence-electron chi connectivity index (χ2n) is 5.22. The Kier molecular flexibility index (Phi) is 4.38. The monoisotopic (exact) mass is 314 g/mol. The third-order valence-electron chi connectivity index (χ3n) is 3.57. The van der Waals surface area contributed by atoms with Crippen molar-refractivity contribution in [3.05, 3.63) is 48.2 Å². The lowest BCUT2D eigenvalue weighted by atomic mass is 10.2. The minimum atomic E-state index is -0.296. The molecule has 0 bridgehead atoms. The van der Waals surface area contributed by atoms with Crippen LogP contribution in [0.25, 0.3) is 11.0 Å². The lowest BCUT2D eigenvalue weighted by Gasteiger charge is -2.13. The molecule has 1 atom stereocenters. The fourth-order valence-electron chi connectivity index (χ4n) is 2.39. The Bertz CT molecular complexity index is 775. The number of ether oxygens (including phenoxy) is 1. The van der Waals surface area contributed by atoms with Crippen molar-refractivity contribution < 1.29 is 13.9 Å². The average molecular weight is 314 g/mol. The molecule has 0 radical (unpaired) electrons. The Morgan fingerprint density at radius 3 is 3.04 bits per heavy atom. The predicted molar refractivity (Wildman–Crippen MR) is 84.0 cm³/mol. The van der Waals surface area contributed by atoms with Gasteiger partial charge in [0.2, 0.25) is 0 Å². The van der Waals surface area contributed by atoms with Gasteiger partial charge in [0.15, 0.2) is 11.6 Å². The van der Waals surface area contributed by atoms with E-state index in [0.29, 0.717) is 24.6 Å².